The van der Waals surface area contributed by atoms with Crippen LogP contribution in [0.15, 0.2) is 44.5 Å². The fraction of sp³-hybridized carbons (Fsp3) is 0.143. The number of pyridine rings is 1. The fourth-order valence-electron chi connectivity index (χ4n) is 2.44. The topological polar surface area (TPSA) is 95.3 Å². The van der Waals surface area contributed by atoms with Crippen molar-refractivity contribution in [2.24, 2.45) is 0 Å². The Hall–Kier alpha value is -2.96. The van der Waals surface area contributed by atoms with Crippen molar-refractivity contribution in [3.8, 4) is 0 Å². The molecule has 0 atom stereocenters. The average Bonchev–Trinajstić information content (AvgIpc) is 2.47. The van der Waals surface area contributed by atoms with E-state index in [4.69, 9.17) is 4.42 Å². The zero-order valence-corrected chi connectivity index (χ0v) is 11.0. The largest absolute Gasteiger partial charge is 0.456 e. The van der Waals surface area contributed by atoms with Gasteiger partial charge in [0.2, 0.25) is 0 Å². The molecule has 0 N–H and O–H groups in total. The molecule has 2 aromatic heterocycles. The minimum absolute atomic E-state index is 0.0795. The predicted molar refractivity (Wildman–Crippen MR) is 76.6 cm³/mol. The van der Waals surface area contributed by atoms with E-state index in [0.717, 1.165) is 6.26 Å². The minimum atomic E-state index is -0.917. The molecule has 0 unspecified atom stereocenters. The molecule has 0 aliphatic rings. The highest BCUT2D eigenvalue weighted by atomic mass is 16.6. The van der Waals surface area contributed by atoms with Crippen LogP contribution in [-0.2, 0) is 6.54 Å². The Labute approximate surface area is 117 Å². The van der Waals surface area contributed by atoms with Gasteiger partial charge in [0.25, 0.3) is 11.0 Å². The number of aromatic nitrogens is 1. The summed E-state index contributed by atoms with van der Waals surface area (Å²) in [6.07, 6.45) is 0.785. The molecule has 21 heavy (non-hydrogen) atoms. The van der Waals surface area contributed by atoms with E-state index < -0.39 is 21.6 Å². The standard InChI is InChI=1S/C14H10N2O5/c1-2-15-9-6-4-3-5-8(9)13-11(14(15)18)12(17)10(7-21-13)16(19)20/h3-7H,2H2,1H3. The van der Waals surface area contributed by atoms with E-state index in [1.54, 1.807) is 31.2 Å². The van der Waals surface area contributed by atoms with Crippen LogP contribution in [0.4, 0.5) is 5.69 Å². The van der Waals surface area contributed by atoms with Gasteiger partial charge in [-0.2, -0.15) is 0 Å². The van der Waals surface area contributed by atoms with Gasteiger partial charge in [-0.3, -0.25) is 19.7 Å². The van der Waals surface area contributed by atoms with Gasteiger partial charge in [-0.1, -0.05) is 12.1 Å². The van der Waals surface area contributed by atoms with Gasteiger partial charge in [-0.25, -0.2) is 0 Å². The summed E-state index contributed by atoms with van der Waals surface area (Å²) in [5.41, 5.74) is -1.54. The molecule has 7 heteroatoms. The van der Waals surface area contributed by atoms with Crippen molar-refractivity contribution in [3.05, 3.63) is 61.2 Å². The Balaban J connectivity index is 2.67. The molecule has 2 heterocycles. The van der Waals surface area contributed by atoms with E-state index in [2.05, 4.69) is 0 Å². The van der Waals surface area contributed by atoms with E-state index in [9.17, 15) is 19.7 Å². The smallest absolute Gasteiger partial charge is 0.351 e. The first-order valence-corrected chi connectivity index (χ1v) is 6.27. The lowest BCUT2D eigenvalue weighted by Crippen LogP contribution is -2.25. The quantitative estimate of drug-likeness (QED) is 0.408. The molecule has 0 fully saturated rings. The third-order valence-electron chi connectivity index (χ3n) is 3.39. The summed E-state index contributed by atoms with van der Waals surface area (Å²) < 4.78 is 6.62. The second-order valence-corrected chi connectivity index (χ2v) is 4.48. The fourth-order valence-corrected chi connectivity index (χ4v) is 2.44. The molecule has 0 spiro atoms. The maximum atomic E-state index is 12.4. The Morgan fingerprint density at radius 2 is 2.00 bits per heavy atom. The van der Waals surface area contributed by atoms with Crippen LogP contribution in [0.2, 0.25) is 0 Å². The van der Waals surface area contributed by atoms with Crippen molar-refractivity contribution in [1.29, 1.82) is 0 Å². The highest BCUT2D eigenvalue weighted by Gasteiger charge is 2.22. The molecule has 3 rings (SSSR count). The Morgan fingerprint density at radius 1 is 1.29 bits per heavy atom. The van der Waals surface area contributed by atoms with Crippen LogP contribution < -0.4 is 11.0 Å². The zero-order chi connectivity index (χ0) is 15.1. The second-order valence-electron chi connectivity index (χ2n) is 4.48. The number of fused-ring (bicyclic) bond motifs is 3. The molecule has 0 radical (unpaired) electrons. The van der Waals surface area contributed by atoms with Crippen LogP contribution in [0.25, 0.3) is 21.9 Å². The number of para-hydroxylation sites is 1. The monoisotopic (exact) mass is 286 g/mol. The summed E-state index contributed by atoms with van der Waals surface area (Å²) in [6.45, 7) is 2.11. The normalized spacial score (nSPS) is 11.1. The SMILES string of the molecule is CCn1c(=O)c2c(=O)c([N+](=O)[O-])coc2c2ccccc21. The molecule has 0 aliphatic carbocycles. The Kier molecular flexibility index (Phi) is 2.83. The second kappa shape index (κ2) is 4.55. The molecule has 0 bridgehead atoms. The zero-order valence-electron chi connectivity index (χ0n) is 11.0. The molecule has 0 saturated carbocycles. The van der Waals surface area contributed by atoms with E-state index in [0.29, 0.717) is 17.4 Å². The summed E-state index contributed by atoms with van der Waals surface area (Å²) in [5.74, 6) is 0. The van der Waals surface area contributed by atoms with Gasteiger partial charge in [-0.15, -0.1) is 0 Å². The van der Waals surface area contributed by atoms with Crippen LogP contribution in [-0.4, -0.2) is 9.49 Å². The highest BCUT2D eigenvalue weighted by Crippen LogP contribution is 2.22. The van der Waals surface area contributed by atoms with Gasteiger partial charge < -0.3 is 8.98 Å². The molecule has 0 amide bonds. The van der Waals surface area contributed by atoms with Gasteiger partial charge in [0.05, 0.1) is 10.4 Å². The highest BCUT2D eigenvalue weighted by molar-refractivity contribution is 6.02. The number of rotatable bonds is 2. The van der Waals surface area contributed by atoms with E-state index in [1.807, 2.05) is 0 Å². The lowest BCUT2D eigenvalue weighted by Gasteiger charge is -2.09. The first-order chi connectivity index (χ1) is 10.1. The van der Waals surface area contributed by atoms with Gasteiger partial charge in [0.1, 0.15) is 5.39 Å². The molecule has 0 saturated heterocycles. The molecular weight excluding hydrogens is 276 g/mol. The number of aryl methyl sites for hydroxylation is 1. The molecule has 0 aliphatic heterocycles. The van der Waals surface area contributed by atoms with Crippen molar-refractivity contribution in [2.75, 3.05) is 0 Å². The number of benzene rings is 1. The molecule has 1 aromatic carbocycles. The molecule has 106 valence electrons. The first-order valence-electron chi connectivity index (χ1n) is 6.27. The third-order valence-corrected chi connectivity index (χ3v) is 3.39. The van der Waals surface area contributed by atoms with Gasteiger partial charge in [-0.05, 0) is 19.1 Å². The van der Waals surface area contributed by atoms with Gasteiger partial charge in [0.15, 0.2) is 11.8 Å². The Bertz CT molecular complexity index is 1000. The molecule has 7 nitrogen and oxygen atoms in total. The Morgan fingerprint density at radius 3 is 2.67 bits per heavy atom. The van der Waals surface area contributed by atoms with Crippen molar-refractivity contribution in [2.45, 2.75) is 13.5 Å². The summed E-state index contributed by atoms with van der Waals surface area (Å²) >= 11 is 0. The van der Waals surface area contributed by atoms with E-state index >= 15 is 0 Å². The van der Waals surface area contributed by atoms with E-state index in [-0.39, 0.29) is 11.0 Å². The summed E-state index contributed by atoms with van der Waals surface area (Å²) in [4.78, 5) is 34.6. The third kappa shape index (κ3) is 1.74. The first kappa shape index (κ1) is 13.0. The average molecular weight is 286 g/mol. The van der Waals surface area contributed by atoms with Gasteiger partial charge in [0, 0.05) is 11.9 Å². The van der Waals surface area contributed by atoms with Crippen LogP contribution in [0, 0.1) is 10.1 Å². The summed E-state index contributed by atoms with van der Waals surface area (Å²) in [7, 11) is 0. The lowest BCUT2D eigenvalue weighted by atomic mass is 10.1. The van der Waals surface area contributed by atoms with Crippen LogP contribution in [0.3, 0.4) is 0 Å². The van der Waals surface area contributed by atoms with Crippen molar-refractivity contribution in [3.63, 3.8) is 0 Å². The van der Waals surface area contributed by atoms with Crippen molar-refractivity contribution >= 4 is 27.6 Å². The van der Waals surface area contributed by atoms with Crippen molar-refractivity contribution in [1.82, 2.24) is 4.57 Å². The molecule has 3 aromatic rings. The van der Waals surface area contributed by atoms with E-state index in [1.165, 1.54) is 4.57 Å². The van der Waals surface area contributed by atoms with Crippen LogP contribution in [0.5, 0.6) is 0 Å². The minimum Gasteiger partial charge on any atom is -0.456 e. The number of hydrogen-bond donors (Lipinski definition) is 0. The summed E-state index contributed by atoms with van der Waals surface area (Å²) in [5, 5.41) is 11.1. The van der Waals surface area contributed by atoms with Gasteiger partial charge >= 0.3 is 5.69 Å². The lowest BCUT2D eigenvalue weighted by molar-refractivity contribution is -0.386. The number of hydrogen-bond acceptors (Lipinski definition) is 5. The number of nitro groups is 1. The van der Waals surface area contributed by atoms with Crippen LogP contribution in [0.1, 0.15) is 6.92 Å². The summed E-state index contributed by atoms with van der Waals surface area (Å²) in [6, 6.07) is 6.95. The van der Waals surface area contributed by atoms with Crippen LogP contribution >= 0.6 is 0 Å². The molecular formula is C14H10N2O5. The predicted octanol–water partition coefficient (Wildman–Crippen LogP) is 2.04. The number of nitrogens with zero attached hydrogens (tertiary/aromatic N) is 2. The maximum Gasteiger partial charge on any atom is 0.351 e. The van der Waals surface area contributed by atoms with Crippen molar-refractivity contribution < 1.29 is 9.34 Å². The maximum absolute atomic E-state index is 12.4.